The highest BCUT2D eigenvalue weighted by Gasteiger charge is 2.44. The molecule has 0 heterocycles. The Bertz CT molecular complexity index is 667. The summed E-state index contributed by atoms with van der Waals surface area (Å²) in [7, 11) is 0. The highest BCUT2D eigenvalue weighted by molar-refractivity contribution is 5.96. The van der Waals surface area contributed by atoms with Crippen LogP contribution in [0, 0.1) is 11.7 Å². The van der Waals surface area contributed by atoms with E-state index < -0.39 is 29.9 Å². The second-order valence-corrected chi connectivity index (χ2v) is 7.36. The number of ether oxygens (including phenoxy) is 1. The highest BCUT2D eigenvalue weighted by atomic mass is 19.1. The third-order valence-corrected chi connectivity index (χ3v) is 4.84. The van der Waals surface area contributed by atoms with Crippen LogP contribution in [-0.4, -0.2) is 31.1 Å². The molecule has 27 heavy (non-hydrogen) atoms. The summed E-state index contributed by atoms with van der Waals surface area (Å²) in [5.74, 6) is -1.13. The zero-order valence-electron chi connectivity index (χ0n) is 15.8. The van der Waals surface area contributed by atoms with Crippen LogP contribution in [0.2, 0.25) is 0 Å². The minimum atomic E-state index is -0.854. The summed E-state index contributed by atoms with van der Waals surface area (Å²) in [4.78, 5) is 36.2. The van der Waals surface area contributed by atoms with Crippen LogP contribution in [0.1, 0.15) is 51.5 Å². The number of hydrogen-bond donors (Lipinski definition) is 2. The number of carbonyl (C=O) groups is 3. The van der Waals surface area contributed by atoms with Gasteiger partial charge in [-0.15, -0.1) is 0 Å². The van der Waals surface area contributed by atoms with Crippen molar-refractivity contribution in [3.05, 3.63) is 35.6 Å². The van der Waals surface area contributed by atoms with E-state index in [2.05, 4.69) is 10.6 Å². The van der Waals surface area contributed by atoms with Crippen LogP contribution < -0.4 is 10.6 Å². The number of rotatable bonds is 7. The molecule has 1 aromatic rings. The van der Waals surface area contributed by atoms with Crippen molar-refractivity contribution in [1.29, 1.82) is 0 Å². The fourth-order valence-electron chi connectivity index (χ4n) is 3.31. The van der Waals surface area contributed by atoms with Crippen molar-refractivity contribution >= 4 is 17.9 Å². The van der Waals surface area contributed by atoms with Gasteiger partial charge in [0, 0.05) is 6.54 Å². The van der Waals surface area contributed by atoms with Gasteiger partial charge < -0.3 is 10.1 Å². The van der Waals surface area contributed by atoms with Crippen molar-refractivity contribution in [2.24, 2.45) is 5.92 Å². The predicted octanol–water partition coefficient (Wildman–Crippen LogP) is 3.05. The Labute approximate surface area is 158 Å². The summed E-state index contributed by atoms with van der Waals surface area (Å²) in [6.07, 6.45) is 3.70. The SMILES string of the molecule is CC(C)CCNC(=O)NC(=O)COC(=O)C1(c2ccc(F)cc2)CCCC1. The Morgan fingerprint density at radius 1 is 1.15 bits per heavy atom. The number of carbonyl (C=O) groups excluding carboxylic acids is 3. The average Bonchev–Trinajstić information content (AvgIpc) is 3.11. The smallest absolute Gasteiger partial charge is 0.321 e. The van der Waals surface area contributed by atoms with E-state index in [1.54, 1.807) is 12.1 Å². The first-order chi connectivity index (χ1) is 12.8. The number of imide groups is 1. The molecule has 1 aromatic carbocycles. The highest BCUT2D eigenvalue weighted by Crippen LogP contribution is 2.42. The van der Waals surface area contributed by atoms with Gasteiger partial charge in [-0.1, -0.05) is 38.8 Å². The van der Waals surface area contributed by atoms with Crippen LogP contribution in [0.25, 0.3) is 0 Å². The molecular formula is C20H27FN2O4. The molecule has 0 unspecified atom stereocenters. The lowest BCUT2D eigenvalue weighted by atomic mass is 9.79. The second-order valence-electron chi connectivity index (χ2n) is 7.36. The quantitative estimate of drug-likeness (QED) is 0.714. The van der Waals surface area contributed by atoms with Gasteiger partial charge in [-0.25, -0.2) is 9.18 Å². The zero-order chi connectivity index (χ0) is 19.9. The van der Waals surface area contributed by atoms with Gasteiger partial charge in [0.05, 0.1) is 5.41 Å². The van der Waals surface area contributed by atoms with Crippen LogP contribution in [0.5, 0.6) is 0 Å². The van der Waals surface area contributed by atoms with Gasteiger partial charge in [0.1, 0.15) is 5.82 Å². The molecule has 1 fully saturated rings. The van der Waals surface area contributed by atoms with Gasteiger partial charge in [0.15, 0.2) is 6.61 Å². The van der Waals surface area contributed by atoms with Gasteiger partial charge in [0.25, 0.3) is 5.91 Å². The predicted molar refractivity (Wildman–Crippen MR) is 98.5 cm³/mol. The average molecular weight is 378 g/mol. The Morgan fingerprint density at radius 3 is 2.37 bits per heavy atom. The first kappa shape index (κ1) is 20.9. The van der Waals surface area contributed by atoms with Crippen molar-refractivity contribution < 1.29 is 23.5 Å². The topological polar surface area (TPSA) is 84.5 Å². The Kier molecular flexibility index (Phi) is 7.33. The molecule has 6 nitrogen and oxygen atoms in total. The van der Waals surface area contributed by atoms with E-state index in [1.807, 2.05) is 13.8 Å². The number of benzene rings is 1. The molecule has 148 valence electrons. The fourth-order valence-corrected chi connectivity index (χ4v) is 3.31. The van der Waals surface area contributed by atoms with Crippen molar-refractivity contribution in [2.75, 3.05) is 13.2 Å². The molecule has 0 radical (unpaired) electrons. The van der Waals surface area contributed by atoms with E-state index >= 15 is 0 Å². The summed E-state index contributed by atoms with van der Waals surface area (Å²) in [5, 5.41) is 4.72. The first-order valence-corrected chi connectivity index (χ1v) is 9.34. The number of hydrogen-bond acceptors (Lipinski definition) is 4. The summed E-state index contributed by atoms with van der Waals surface area (Å²) in [6.45, 7) is 4.00. The van der Waals surface area contributed by atoms with Gasteiger partial charge in [-0.05, 0) is 42.9 Å². The number of nitrogens with one attached hydrogen (secondary N) is 2. The third kappa shape index (κ3) is 5.77. The molecule has 1 aliphatic carbocycles. The number of amides is 3. The molecule has 1 aliphatic rings. The maximum Gasteiger partial charge on any atom is 0.321 e. The molecule has 0 aromatic heterocycles. The second kappa shape index (κ2) is 9.48. The minimum absolute atomic E-state index is 0.372. The maximum absolute atomic E-state index is 13.2. The lowest BCUT2D eigenvalue weighted by Gasteiger charge is -2.27. The molecule has 0 atom stereocenters. The molecule has 0 aliphatic heterocycles. The standard InChI is InChI=1S/C20H27FN2O4/c1-14(2)9-12-22-19(26)23-17(24)13-27-18(25)20(10-3-4-11-20)15-5-7-16(21)8-6-15/h5-8,14H,3-4,9-13H2,1-2H3,(H2,22,23,24,26). The summed E-state index contributed by atoms with van der Waals surface area (Å²) >= 11 is 0. The van der Waals surface area contributed by atoms with Gasteiger partial charge in [-0.2, -0.15) is 0 Å². The zero-order valence-corrected chi connectivity index (χ0v) is 15.8. The van der Waals surface area contributed by atoms with Crippen LogP contribution in [-0.2, 0) is 19.7 Å². The van der Waals surface area contributed by atoms with E-state index in [0.29, 0.717) is 30.9 Å². The van der Waals surface area contributed by atoms with Crippen molar-refractivity contribution in [3.63, 3.8) is 0 Å². The van der Waals surface area contributed by atoms with Crippen LogP contribution in [0.3, 0.4) is 0 Å². The summed E-state index contributed by atoms with van der Waals surface area (Å²) < 4.78 is 18.4. The van der Waals surface area contributed by atoms with Crippen LogP contribution >= 0.6 is 0 Å². The van der Waals surface area contributed by atoms with Crippen LogP contribution in [0.15, 0.2) is 24.3 Å². The normalized spacial score (nSPS) is 15.4. The summed E-state index contributed by atoms with van der Waals surface area (Å²) in [5.41, 5.74) is -0.161. The first-order valence-electron chi connectivity index (χ1n) is 9.34. The molecule has 0 bridgehead atoms. The van der Waals surface area contributed by atoms with Crippen LogP contribution in [0.4, 0.5) is 9.18 Å². The van der Waals surface area contributed by atoms with Crippen molar-refractivity contribution in [1.82, 2.24) is 10.6 Å². The van der Waals surface area contributed by atoms with Gasteiger partial charge in [0.2, 0.25) is 0 Å². The molecule has 7 heteroatoms. The molecule has 0 saturated heterocycles. The minimum Gasteiger partial charge on any atom is -0.455 e. The maximum atomic E-state index is 13.2. The number of esters is 1. The Balaban J connectivity index is 1.88. The Morgan fingerprint density at radius 2 is 1.78 bits per heavy atom. The molecule has 2 rings (SSSR count). The van der Waals surface area contributed by atoms with E-state index in [0.717, 1.165) is 19.3 Å². The molecular weight excluding hydrogens is 351 g/mol. The monoisotopic (exact) mass is 378 g/mol. The van der Waals surface area contributed by atoms with E-state index in [4.69, 9.17) is 4.74 Å². The lowest BCUT2D eigenvalue weighted by molar-refractivity contribution is -0.154. The van der Waals surface area contributed by atoms with E-state index in [9.17, 15) is 18.8 Å². The number of halogens is 1. The lowest BCUT2D eigenvalue weighted by Crippen LogP contribution is -2.43. The fraction of sp³-hybridized carbons (Fsp3) is 0.550. The molecule has 2 N–H and O–H groups in total. The van der Waals surface area contributed by atoms with Crippen molar-refractivity contribution in [2.45, 2.75) is 51.4 Å². The van der Waals surface area contributed by atoms with E-state index in [1.165, 1.54) is 12.1 Å². The Hall–Kier alpha value is -2.44. The van der Waals surface area contributed by atoms with Crippen molar-refractivity contribution in [3.8, 4) is 0 Å². The van der Waals surface area contributed by atoms with Gasteiger partial charge >= 0.3 is 12.0 Å². The number of urea groups is 1. The molecule has 3 amide bonds. The van der Waals surface area contributed by atoms with Gasteiger partial charge in [-0.3, -0.25) is 14.9 Å². The molecule has 0 spiro atoms. The largest absolute Gasteiger partial charge is 0.455 e. The van der Waals surface area contributed by atoms with E-state index in [-0.39, 0.29) is 5.82 Å². The molecule has 1 saturated carbocycles. The third-order valence-electron chi connectivity index (χ3n) is 4.84. The summed E-state index contributed by atoms with van der Waals surface area (Å²) in [6, 6.07) is 5.20.